The highest BCUT2D eigenvalue weighted by Crippen LogP contribution is 2.17. The van der Waals surface area contributed by atoms with Gasteiger partial charge in [0.25, 0.3) is 5.91 Å². The van der Waals surface area contributed by atoms with E-state index in [-0.39, 0.29) is 18.4 Å². The van der Waals surface area contributed by atoms with Crippen LogP contribution in [0.4, 0.5) is 0 Å². The number of carbonyl (C=O) groups excluding carboxylic acids is 2. The first-order chi connectivity index (χ1) is 12.2. The molecule has 0 radical (unpaired) electrons. The van der Waals surface area contributed by atoms with Gasteiger partial charge in [-0.05, 0) is 62.9 Å². The van der Waals surface area contributed by atoms with E-state index in [0.29, 0.717) is 31.2 Å². The summed E-state index contributed by atoms with van der Waals surface area (Å²) in [6.45, 7) is 5.06. The van der Waals surface area contributed by atoms with Crippen molar-refractivity contribution in [3.63, 3.8) is 0 Å². The molecule has 1 aliphatic rings. The molecule has 1 saturated heterocycles. The zero-order valence-corrected chi connectivity index (χ0v) is 15.0. The van der Waals surface area contributed by atoms with E-state index in [9.17, 15) is 9.59 Å². The predicted molar refractivity (Wildman–Crippen MR) is 97.3 cm³/mol. The SMILES string of the molecule is CCNC(=O)COc1cccc(CNC(=O)CCC2CCNCC2)c1. The molecular weight excluding hydrogens is 318 g/mol. The summed E-state index contributed by atoms with van der Waals surface area (Å²) in [6, 6.07) is 7.46. The Kier molecular flexibility index (Phi) is 8.25. The van der Waals surface area contributed by atoms with Crippen LogP contribution in [0.2, 0.25) is 0 Å². The average molecular weight is 347 g/mol. The molecule has 1 fully saturated rings. The molecule has 0 atom stereocenters. The van der Waals surface area contributed by atoms with Gasteiger partial charge in [0.05, 0.1) is 0 Å². The minimum absolute atomic E-state index is 0.000101. The first-order valence-corrected chi connectivity index (χ1v) is 9.13. The fourth-order valence-electron chi connectivity index (χ4n) is 2.94. The minimum Gasteiger partial charge on any atom is -0.484 e. The maximum atomic E-state index is 12.0. The molecule has 1 heterocycles. The predicted octanol–water partition coefficient (Wildman–Crippen LogP) is 1.60. The van der Waals surface area contributed by atoms with Crippen molar-refractivity contribution in [2.24, 2.45) is 5.92 Å². The van der Waals surface area contributed by atoms with Crippen molar-refractivity contribution in [1.82, 2.24) is 16.0 Å². The number of nitrogens with one attached hydrogen (secondary N) is 3. The summed E-state index contributed by atoms with van der Waals surface area (Å²) < 4.78 is 5.46. The normalized spacial score (nSPS) is 14.8. The Bertz CT molecular complexity index is 557. The van der Waals surface area contributed by atoms with E-state index in [4.69, 9.17) is 4.74 Å². The number of carbonyl (C=O) groups is 2. The number of hydrogen-bond acceptors (Lipinski definition) is 4. The molecule has 0 aromatic heterocycles. The summed E-state index contributed by atoms with van der Waals surface area (Å²) in [5.41, 5.74) is 0.962. The van der Waals surface area contributed by atoms with Gasteiger partial charge in [0, 0.05) is 19.5 Å². The molecule has 1 aromatic rings. The molecule has 0 unspecified atom stereocenters. The van der Waals surface area contributed by atoms with Crippen molar-refractivity contribution in [2.75, 3.05) is 26.2 Å². The maximum Gasteiger partial charge on any atom is 0.257 e. The van der Waals surface area contributed by atoms with Gasteiger partial charge in [0.1, 0.15) is 5.75 Å². The van der Waals surface area contributed by atoms with E-state index in [1.807, 2.05) is 31.2 Å². The van der Waals surface area contributed by atoms with E-state index in [2.05, 4.69) is 16.0 Å². The van der Waals surface area contributed by atoms with Gasteiger partial charge in [-0.3, -0.25) is 9.59 Å². The molecule has 1 aromatic carbocycles. The molecule has 138 valence electrons. The number of hydrogen-bond donors (Lipinski definition) is 3. The molecule has 0 aliphatic carbocycles. The largest absolute Gasteiger partial charge is 0.484 e. The Morgan fingerprint density at radius 3 is 2.76 bits per heavy atom. The van der Waals surface area contributed by atoms with Crippen LogP contribution in [0.15, 0.2) is 24.3 Å². The van der Waals surface area contributed by atoms with Crippen molar-refractivity contribution in [3.8, 4) is 5.75 Å². The van der Waals surface area contributed by atoms with E-state index < -0.39 is 0 Å². The van der Waals surface area contributed by atoms with Crippen LogP contribution in [0.1, 0.15) is 38.2 Å². The molecule has 3 N–H and O–H groups in total. The highest BCUT2D eigenvalue weighted by molar-refractivity contribution is 5.77. The number of piperidine rings is 1. The third-order valence-electron chi connectivity index (χ3n) is 4.37. The molecule has 6 nitrogen and oxygen atoms in total. The van der Waals surface area contributed by atoms with Gasteiger partial charge in [0.15, 0.2) is 6.61 Å². The quantitative estimate of drug-likeness (QED) is 0.634. The van der Waals surface area contributed by atoms with E-state index >= 15 is 0 Å². The fourth-order valence-corrected chi connectivity index (χ4v) is 2.94. The van der Waals surface area contributed by atoms with Gasteiger partial charge in [-0.2, -0.15) is 0 Å². The lowest BCUT2D eigenvalue weighted by atomic mass is 9.93. The summed E-state index contributed by atoms with van der Waals surface area (Å²) in [4.78, 5) is 23.4. The van der Waals surface area contributed by atoms with Crippen molar-refractivity contribution in [3.05, 3.63) is 29.8 Å². The van der Waals surface area contributed by atoms with Gasteiger partial charge in [-0.25, -0.2) is 0 Å². The summed E-state index contributed by atoms with van der Waals surface area (Å²) >= 11 is 0. The third-order valence-corrected chi connectivity index (χ3v) is 4.37. The molecule has 6 heteroatoms. The Hall–Kier alpha value is -2.08. The van der Waals surface area contributed by atoms with E-state index in [1.165, 1.54) is 0 Å². The number of amides is 2. The number of ether oxygens (including phenoxy) is 1. The van der Waals surface area contributed by atoms with Crippen LogP contribution in [0, 0.1) is 5.92 Å². The Balaban J connectivity index is 1.69. The summed E-state index contributed by atoms with van der Waals surface area (Å²) in [6.07, 6.45) is 3.87. The Morgan fingerprint density at radius 2 is 2.00 bits per heavy atom. The molecule has 0 spiro atoms. The summed E-state index contributed by atoms with van der Waals surface area (Å²) in [5.74, 6) is 1.25. The standard InChI is InChI=1S/C19H29N3O3/c1-2-21-19(24)14-25-17-5-3-4-16(12-17)13-22-18(23)7-6-15-8-10-20-11-9-15/h3-5,12,15,20H,2,6-11,13-14H2,1H3,(H,21,24)(H,22,23). The molecule has 0 bridgehead atoms. The van der Waals surface area contributed by atoms with Crippen LogP contribution in [0.25, 0.3) is 0 Å². The molecular formula is C19H29N3O3. The van der Waals surface area contributed by atoms with E-state index in [1.54, 1.807) is 0 Å². The highest BCUT2D eigenvalue weighted by atomic mass is 16.5. The lowest BCUT2D eigenvalue weighted by molar-refractivity contribution is -0.123. The first kappa shape index (κ1) is 19.2. The first-order valence-electron chi connectivity index (χ1n) is 9.13. The topological polar surface area (TPSA) is 79.5 Å². The van der Waals surface area contributed by atoms with Crippen molar-refractivity contribution >= 4 is 11.8 Å². The van der Waals surface area contributed by atoms with Gasteiger partial charge < -0.3 is 20.7 Å². The third kappa shape index (κ3) is 7.56. The average Bonchev–Trinajstić information content (AvgIpc) is 2.64. The van der Waals surface area contributed by atoms with Crippen LogP contribution in [-0.4, -0.2) is 38.1 Å². The Morgan fingerprint density at radius 1 is 1.20 bits per heavy atom. The molecule has 2 rings (SSSR count). The Labute approximate surface area is 149 Å². The van der Waals surface area contributed by atoms with Crippen molar-refractivity contribution in [1.29, 1.82) is 0 Å². The molecule has 1 aliphatic heterocycles. The molecule has 2 amide bonds. The smallest absolute Gasteiger partial charge is 0.257 e. The minimum atomic E-state index is -0.140. The number of benzene rings is 1. The van der Waals surface area contributed by atoms with Gasteiger partial charge >= 0.3 is 0 Å². The second kappa shape index (κ2) is 10.7. The van der Waals surface area contributed by atoms with Gasteiger partial charge in [-0.15, -0.1) is 0 Å². The van der Waals surface area contributed by atoms with Crippen molar-refractivity contribution in [2.45, 2.75) is 39.2 Å². The highest BCUT2D eigenvalue weighted by Gasteiger charge is 2.14. The second-order valence-corrected chi connectivity index (χ2v) is 6.40. The van der Waals surface area contributed by atoms with Crippen LogP contribution in [0.3, 0.4) is 0 Å². The van der Waals surface area contributed by atoms with Crippen molar-refractivity contribution < 1.29 is 14.3 Å². The molecule has 0 saturated carbocycles. The van der Waals surface area contributed by atoms with Crippen LogP contribution in [0.5, 0.6) is 5.75 Å². The zero-order valence-electron chi connectivity index (χ0n) is 15.0. The van der Waals surface area contributed by atoms with Crippen LogP contribution < -0.4 is 20.7 Å². The van der Waals surface area contributed by atoms with Gasteiger partial charge in [-0.1, -0.05) is 12.1 Å². The zero-order chi connectivity index (χ0) is 17.9. The monoisotopic (exact) mass is 347 g/mol. The van der Waals surface area contributed by atoms with E-state index in [0.717, 1.165) is 37.9 Å². The lowest BCUT2D eigenvalue weighted by Crippen LogP contribution is -2.29. The van der Waals surface area contributed by atoms with Crippen LogP contribution in [-0.2, 0) is 16.1 Å². The fraction of sp³-hybridized carbons (Fsp3) is 0.579. The van der Waals surface area contributed by atoms with Crippen LogP contribution >= 0.6 is 0 Å². The summed E-state index contributed by atoms with van der Waals surface area (Å²) in [5, 5.41) is 8.99. The number of likely N-dealkylation sites (N-methyl/N-ethyl adjacent to an activating group) is 1. The van der Waals surface area contributed by atoms with Gasteiger partial charge in [0.2, 0.25) is 5.91 Å². The number of rotatable bonds is 9. The summed E-state index contributed by atoms with van der Waals surface area (Å²) in [7, 11) is 0. The maximum absolute atomic E-state index is 12.0. The molecule has 25 heavy (non-hydrogen) atoms. The second-order valence-electron chi connectivity index (χ2n) is 6.40. The lowest BCUT2D eigenvalue weighted by Gasteiger charge is -2.22.